The van der Waals surface area contributed by atoms with Crippen molar-refractivity contribution in [2.24, 2.45) is 11.8 Å². The maximum Gasteiger partial charge on any atom is 0.229 e. The van der Waals surface area contributed by atoms with Crippen molar-refractivity contribution in [1.29, 1.82) is 0 Å². The Bertz CT molecular complexity index is 1170. The van der Waals surface area contributed by atoms with Crippen LogP contribution >= 0.6 is 0 Å². The van der Waals surface area contributed by atoms with Crippen LogP contribution in [-0.4, -0.2) is 38.6 Å². The number of nitrogens with zero attached hydrogens (tertiary/aromatic N) is 3. The van der Waals surface area contributed by atoms with E-state index in [9.17, 15) is 18.7 Å². The fourth-order valence-corrected chi connectivity index (χ4v) is 4.50. The van der Waals surface area contributed by atoms with E-state index in [0.29, 0.717) is 36.1 Å². The number of rotatable bonds is 6. The summed E-state index contributed by atoms with van der Waals surface area (Å²) in [7, 11) is 0. The second kappa shape index (κ2) is 9.18. The average Bonchev–Trinajstić information content (AvgIpc) is 3.15. The molecule has 1 unspecified atom stereocenters. The molecule has 0 saturated heterocycles. The van der Waals surface area contributed by atoms with Gasteiger partial charge in [-0.25, -0.2) is 13.8 Å². The molecule has 1 aliphatic rings. The summed E-state index contributed by atoms with van der Waals surface area (Å²) in [5.74, 6) is 0.0929. The summed E-state index contributed by atoms with van der Waals surface area (Å²) in [5.41, 5.74) is 1.26. The van der Waals surface area contributed by atoms with Crippen molar-refractivity contribution in [3.63, 3.8) is 0 Å². The van der Waals surface area contributed by atoms with Gasteiger partial charge in [0.1, 0.15) is 29.0 Å². The Morgan fingerprint density at radius 2 is 1.65 bits per heavy atom. The number of anilines is 2. The molecule has 1 atom stereocenters. The van der Waals surface area contributed by atoms with Gasteiger partial charge in [-0.1, -0.05) is 13.8 Å². The van der Waals surface area contributed by atoms with Gasteiger partial charge in [0.05, 0.1) is 18.1 Å². The number of hydrogen-bond donors (Lipinski definition) is 2. The lowest BCUT2D eigenvalue weighted by atomic mass is 9.91. The topological polar surface area (TPSA) is 70.4 Å². The lowest BCUT2D eigenvalue weighted by Gasteiger charge is -2.44. The van der Waals surface area contributed by atoms with Crippen LogP contribution in [0.5, 0.6) is 0 Å². The Hall–Kier alpha value is -3.26. The molecule has 0 radical (unpaired) electrons. The van der Waals surface area contributed by atoms with Crippen LogP contribution in [0, 0.1) is 23.5 Å². The van der Waals surface area contributed by atoms with Gasteiger partial charge in [0.15, 0.2) is 0 Å². The van der Waals surface area contributed by atoms with Crippen molar-refractivity contribution in [3.05, 3.63) is 66.0 Å². The van der Waals surface area contributed by atoms with Crippen LogP contribution in [-0.2, 0) is 16.9 Å². The number of amides is 1. The van der Waals surface area contributed by atoms with Crippen LogP contribution in [0.15, 0.2) is 48.5 Å². The van der Waals surface area contributed by atoms with Crippen LogP contribution in [0.1, 0.15) is 33.5 Å². The molecule has 34 heavy (non-hydrogen) atoms. The molecule has 0 aliphatic carbocycles. The summed E-state index contributed by atoms with van der Waals surface area (Å²) >= 11 is 0. The molecule has 2 N–H and O–H groups in total. The Morgan fingerprint density at radius 3 is 2.21 bits per heavy atom. The van der Waals surface area contributed by atoms with E-state index < -0.39 is 11.5 Å². The van der Waals surface area contributed by atoms with Gasteiger partial charge in [-0.2, -0.15) is 0 Å². The molecular weight excluding hydrogens is 438 g/mol. The third-order valence-corrected chi connectivity index (χ3v) is 6.55. The van der Waals surface area contributed by atoms with Crippen LogP contribution in [0.4, 0.5) is 20.3 Å². The molecule has 0 fully saturated rings. The third kappa shape index (κ3) is 4.30. The number of carbonyl (C=O) groups is 1. The molecule has 1 aromatic heterocycles. The Balaban J connectivity index is 1.81. The van der Waals surface area contributed by atoms with Gasteiger partial charge >= 0.3 is 0 Å². The fraction of sp³-hybridized carbons (Fsp3) is 0.385. The number of nitrogens with one attached hydrogen (secondary N) is 1. The highest BCUT2D eigenvalue weighted by Crippen LogP contribution is 2.40. The minimum absolute atomic E-state index is 0.000418. The van der Waals surface area contributed by atoms with Crippen molar-refractivity contribution < 1.29 is 18.7 Å². The van der Waals surface area contributed by atoms with E-state index >= 15 is 0 Å². The minimum atomic E-state index is -0.755. The summed E-state index contributed by atoms with van der Waals surface area (Å²) in [6, 6.07) is 12.1. The average molecular weight is 469 g/mol. The molecule has 6 nitrogen and oxygen atoms in total. The molecule has 1 aliphatic heterocycles. The maximum atomic E-state index is 13.6. The van der Waals surface area contributed by atoms with E-state index in [4.69, 9.17) is 4.98 Å². The molecule has 2 heterocycles. The number of aromatic nitrogens is 2. The molecule has 0 bridgehead atoms. The monoisotopic (exact) mass is 468 g/mol. The number of hydrogen-bond acceptors (Lipinski definition) is 4. The number of halogens is 2. The van der Waals surface area contributed by atoms with Gasteiger partial charge in [-0.15, -0.1) is 0 Å². The number of benzene rings is 2. The van der Waals surface area contributed by atoms with Gasteiger partial charge in [0, 0.05) is 24.3 Å². The molecule has 0 spiro atoms. The first kappa shape index (κ1) is 23.9. The second-order valence-corrected chi connectivity index (χ2v) is 9.51. The van der Waals surface area contributed by atoms with Crippen LogP contribution < -0.4 is 5.32 Å². The number of fused-ring (bicyclic) bond motifs is 1. The maximum absolute atomic E-state index is 13.6. The van der Waals surface area contributed by atoms with E-state index in [1.807, 2.05) is 32.3 Å². The van der Waals surface area contributed by atoms with E-state index in [1.54, 1.807) is 29.2 Å². The van der Waals surface area contributed by atoms with Crippen molar-refractivity contribution in [2.75, 3.05) is 18.5 Å². The zero-order chi connectivity index (χ0) is 24.6. The quantitative estimate of drug-likeness (QED) is 0.539. The highest BCUT2D eigenvalue weighted by molar-refractivity contribution is 5.81. The molecule has 2 aromatic carbocycles. The first-order chi connectivity index (χ1) is 16.1. The number of carbonyl (C=O) groups excluding carboxylic acids is 1. The molecule has 1 amide bonds. The van der Waals surface area contributed by atoms with E-state index in [-0.39, 0.29) is 30.1 Å². The van der Waals surface area contributed by atoms with E-state index in [0.717, 1.165) is 5.56 Å². The summed E-state index contributed by atoms with van der Waals surface area (Å²) in [6.45, 7) is 8.44. The highest BCUT2D eigenvalue weighted by atomic mass is 19.1. The number of imidazole rings is 1. The van der Waals surface area contributed by atoms with Crippen molar-refractivity contribution in [3.8, 4) is 11.3 Å². The van der Waals surface area contributed by atoms with Gasteiger partial charge in [-0.3, -0.25) is 4.79 Å². The largest absolute Gasteiger partial charge is 0.396 e. The standard InChI is InChI=1S/C26H30F2N4O2/c1-16(2)21(15-33)24(34)32-14-13-31-23(29-20-11-9-19(28)10-12-20)22(30-25(31)26(32,3)4)17-5-7-18(27)8-6-17/h5-12,16,21,29,33H,13-15H2,1-4H3. The number of aliphatic hydroxyl groups excluding tert-OH is 1. The van der Waals surface area contributed by atoms with Gasteiger partial charge in [0.25, 0.3) is 0 Å². The van der Waals surface area contributed by atoms with Crippen LogP contribution in [0.3, 0.4) is 0 Å². The van der Waals surface area contributed by atoms with Crippen LogP contribution in [0.25, 0.3) is 11.3 Å². The first-order valence-corrected chi connectivity index (χ1v) is 11.5. The van der Waals surface area contributed by atoms with Crippen LogP contribution in [0.2, 0.25) is 0 Å². The SMILES string of the molecule is CC(C)C(CO)C(=O)N1CCn2c(nc(-c3ccc(F)cc3)c2Nc2ccc(F)cc2)C1(C)C. The van der Waals surface area contributed by atoms with E-state index in [1.165, 1.54) is 24.3 Å². The first-order valence-electron chi connectivity index (χ1n) is 11.5. The summed E-state index contributed by atoms with van der Waals surface area (Å²) in [6.07, 6.45) is 0. The predicted octanol–water partition coefficient (Wildman–Crippen LogP) is 4.91. The van der Waals surface area contributed by atoms with Gasteiger partial charge in [-0.05, 0) is 68.3 Å². The van der Waals surface area contributed by atoms with Crippen molar-refractivity contribution in [2.45, 2.75) is 39.8 Å². The second-order valence-electron chi connectivity index (χ2n) is 9.51. The Morgan fingerprint density at radius 1 is 1.06 bits per heavy atom. The van der Waals surface area contributed by atoms with E-state index in [2.05, 4.69) is 5.32 Å². The smallest absolute Gasteiger partial charge is 0.229 e. The minimum Gasteiger partial charge on any atom is -0.396 e. The fourth-order valence-electron chi connectivity index (χ4n) is 4.50. The molecule has 3 aromatic rings. The zero-order valence-electron chi connectivity index (χ0n) is 19.8. The Kier molecular flexibility index (Phi) is 6.45. The molecule has 0 saturated carbocycles. The van der Waals surface area contributed by atoms with Crippen molar-refractivity contribution in [1.82, 2.24) is 14.5 Å². The van der Waals surface area contributed by atoms with Crippen molar-refractivity contribution >= 4 is 17.4 Å². The third-order valence-electron chi connectivity index (χ3n) is 6.55. The van der Waals surface area contributed by atoms with Gasteiger partial charge < -0.3 is 19.9 Å². The highest BCUT2D eigenvalue weighted by Gasteiger charge is 2.43. The lowest BCUT2D eigenvalue weighted by Crippen LogP contribution is -2.54. The molecular formula is C26H30F2N4O2. The molecule has 4 rings (SSSR count). The summed E-state index contributed by atoms with van der Waals surface area (Å²) in [4.78, 5) is 20.1. The van der Waals surface area contributed by atoms with Gasteiger partial charge in [0.2, 0.25) is 5.91 Å². The predicted molar refractivity (Wildman–Crippen MR) is 127 cm³/mol. The summed E-state index contributed by atoms with van der Waals surface area (Å²) in [5, 5.41) is 13.2. The molecule has 8 heteroatoms. The number of aliphatic hydroxyl groups is 1. The zero-order valence-corrected chi connectivity index (χ0v) is 19.8. The molecule has 180 valence electrons. The summed E-state index contributed by atoms with van der Waals surface area (Å²) < 4.78 is 29.1. The normalized spacial score (nSPS) is 15.8. The lowest BCUT2D eigenvalue weighted by molar-refractivity contribution is -0.146. The Labute approximate surface area is 198 Å².